The third-order valence-corrected chi connectivity index (χ3v) is 6.52. The zero-order valence-electron chi connectivity index (χ0n) is 17.3. The average molecular weight is 382 g/mol. The first kappa shape index (κ1) is 19.1. The lowest BCUT2D eigenvalue weighted by Gasteiger charge is -2.37. The minimum atomic E-state index is 0.0560. The highest BCUT2D eigenvalue weighted by molar-refractivity contribution is 5.94. The fourth-order valence-corrected chi connectivity index (χ4v) is 5.17. The standard InChI is InChI=1S/C22H31N5O/c1-16(2)12-27-15-24-25-20(27)18-13-26(14-22(18)9-5-4-6-10-22)21(28)19-17(3)8-7-11-23-19/h7-8,11,15-16,18H,4-6,9-10,12-14H2,1-3H3. The van der Waals surface area contributed by atoms with Gasteiger partial charge in [-0.2, -0.15) is 0 Å². The Labute approximate surface area is 167 Å². The van der Waals surface area contributed by atoms with Crippen LogP contribution < -0.4 is 0 Å². The summed E-state index contributed by atoms with van der Waals surface area (Å²) in [7, 11) is 0. The highest BCUT2D eigenvalue weighted by Crippen LogP contribution is 2.51. The molecule has 6 nitrogen and oxygen atoms in total. The smallest absolute Gasteiger partial charge is 0.272 e. The number of likely N-dealkylation sites (tertiary alicyclic amines) is 1. The van der Waals surface area contributed by atoms with E-state index in [4.69, 9.17) is 0 Å². The SMILES string of the molecule is Cc1cccnc1C(=O)N1CC(c2nncn2CC(C)C)C2(CCCCC2)C1. The van der Waals surface area contributed by atoms with Crippen molar-refractivity contribution in [3.8, 4) is 0 Å². The molecule has 1 saturated heterocycles. The summed E-state index contributed by atoms with van der Waals surface area (Å²) < 4.78 is 2.21. The zero-order valence-corrected chi connectivity index (χ0v) is 17.3. The maximum atomic E-state index is 13.3. The van der Waals surface area contributed by atoms with Crippen LogP contribution in [0.3, 0.4) is 0 Å². The molecule has 2 aromatic rings. The highest BCUT2D eigenvalue weighted by Gasteiger charge is 2.50. The van der Waals surface area contributed by atoms with Crippen LogP contribution in [-0.2, 0) is 6.54 Å². The quantitative estimate of drug-likeness (QED) is 0.807. The summed E-state index contributed by atoms with van der Waals surface area (Å²) in [5, 5.41) is 8.78. The minimum Gasteiger partial charge on any atom is -0.336 e. The van der Waals surface area contributed by atoms with Gasteiger partial charge in [-0.05, 0) is 42.7 Å². The molecule has 1 saturated carbocycles. The van der Waals surface area contributed by atoms with Crippen LogP contribution >= 0.6 is 0 Å². The Bertz CT molecular complexity index is 837. The van der Waals surface area contributed by atoms with E-state index in [1.165, 1.54) is 19.3 Å². The number of carbonyl (C=O) groups is 1. The second kappa shape index (κ2) is 7.64. The van der Waals surface area contributed by atoms with E-state index in [2.05, 4.69) is 33.6 Å². The molecule has 0 bridgehead atoms. The maximum absolute atomic E-state index is 13.3. The van der Waals surface area contributed by atoms with E-state index in [-0.39, 0.29) is 17.2 Å². The fraction of sp³-hybridized carbons (Fsp3) is 0.636. The van der Waals surface area contributed by atoms with Gasteiger partial charge in [-0.15, -0.1) is 10.2 Å². The van der Waals surface area contributed by atoms with Crippen molar-refractivity contribution < 1.29 is 4.79 Å². The highest BCUT2D eigenvalue weighted by atomic mass is 16.2. The van der Waals surface area contributed by atoms with Gasteiger partial charge < -0.3 is 9.47 Å². The molecule has 1 atom stereocenters. The first-order valence-corrected chi connectivity index (χ1v) is 10.6. The summed E-state index contributed by atoms with van der Waals surface area (Å²) in [6.07, 6.45) is 9.66. The number of aromatic nitrogens is 4. The summed E-state index contributed by atoms with van der Waals surface area (Å²) in [5.41, 5.74) is 1.65. The van der Waals surface area contributed by atoms with Crippen molar-refractivity contribution in [3.63, 3.8) is 0 Å². The Hall–Kier alpha value is -2.24. The Balaban J connectivity index is 1.66. The number of carbonyl (C=O) groups excluding carboxylic acids is 1. The van der Waals surface area contributed by atoms with Crippen molar-refractivity contribution in [1.82, 2.24) is 24.6 Å². The van der Waals surface area contributed by atoms with E-state index in [0.717, 1.165) is 37.3 Å². The summed E-state index contributed by atoms with van der Waals surface area (Å²) in [4.78, 5) is 19.7. The van der Waals surface area contributed by atoms with Crippen LogP contribution in [0.25, 0.3) is 0 Å². The molecule has 4 rings (SSSR count). The fourth-order valence-electron chi connectivity index (χ4n) is 5.17. The molecular weight excluding hydrogens is 350 g/mol. The molecule has 6 heteroatoms. The van der Waals surface area contributed by atoms with Gasteiger partial charge in [0.25, 0.3) is 5.91 Å². The second-order valence-corrected chi connectivity index (χ2v) is 9.07. The molecule has 0 N–H and O–H groups in total. The Kier molecular flexibility index (Phi) is 5.21. The molecule has 1 aliphatic carbocycles. The van der Waals surface area contributed by atoms with Crippen molar-refractivity contribution >= 4 is 5.91 Å². The monoisotopic (exact) mass is 381 g/mol. The molecule has 1 unspecified atom stereocenters. The zero-order chi connectivity index (χ0) is 19.7. The van der Waals surface area contributed by atoms with Gasteiger partial charge in [-0.3, -0.25) is 9.78 Å². The van der Waals surface area contributed by atoms with Gasteiger partial charge >= 0.3 is 0 Å². The van der Waals surface area contributed by atoms with Crippen molar-refractivity contribution in [2.45, 2.75) is 65.3 Å². The molecule has 150 valence electrons. The average Bonchev–Trinajstić information content (AvgIpc) is 3.26. The van der Waals surface area contributed by atoms with Crippen molar-refractivity contribution in [2.75, 3.05) is 13.1 Å². The van der Waals surface area contributed by atoms with Gasteiger partial charge in [-0.25, -0.2) is 0 Å². The lowest BCUT2D eigenvalue weighted by Crippen LogP contribution is -2.35. The van der Waals surface area contributed by atoms with Crippen LogP contribution in [0.4, 0.5) is 0 Å². The topological polar surface area (TPSA) is 63.9 Å². The molecule has 1 aliphatic heterocycles. The van der Waals surface area contributed by atoms with Gasteiger partial charge in [0.1, 0.15) is 17.8 Å². The number of hydrogen-bond donors (Lipinski definition) is 0. The van der Waals surface area contributed by atoms with E-state index in [0.29, 0.717) is 18.2 Å². The summed E-state index contributed by atoms with van der Waals surface area (Å²) in [6, 6.07) is 3.85. The molecular formula is C22H31N5O. The summed E-state index contributed by atoms with van der Waals surface area (Å²) in [6.45, 7) is 8.83. The molecule has 1 spiro atoms. The summed E-state index contributed by atoms with van der Waals surface area (Å²) >= 11 is 0. The predicted octanol–water partition coefficient (Wildman–Crippen LogP) is 3.83. The van der Waals surface area contributed by atoms with Crippen LogP contribution in [0, 0.1) is 18.3 Å². The van der Waals surface area contributed by atoms with Gasteiger partial charge in [0, 0.05) is 31.7 Å². The number of pyridine rings is 1. The number of rotatable bonds is 4. The van der Waals surface area contributed by atoms with Crippen LogP contribution in [0.2, 0.25) is 0 Å². The number of amides is 1. The predicted molar refractivity (Wildman–Crippen MR) is 108 cm³/mol. The van der Waals surface area contributed by atoms with Gasteiger partial charge in [0.2, 0.25) is 0 Å². The lowest BCUT2D eigenvalue weighted by molar-refractivity contribution is 0.0751. The van der Waals surface area contributed by atoms with Crippen LogP contribution in [0.15, 0.2) is 24.7 Å². The third kappa shape index (κ3) is 3.45. The number of hydrogen-bond acceptors (Lipinski definition) is 4. The van der Waals surface area contributed by atoms with E-state index >= 15 is 0 Å². The van der Waals surface area contributed by atoms with Crippen LogP contribution in [0.5, 0.6) is 0 Å². The van der Waals surface area contributed by atoms with E-state index < -0.39 is 0 Å². The number of aryl methyl sites for hydroxylation is 1. The Morgan fingerprint density at radius 2 is 2.07 bits per heavy atom. The second-order valence-electron chi connectivity index (χ2n) is 9.07. The molecule has 2 aromatic heterocycles. The number of nitrogens with zero attached hydrogens (tertiary/aromatic N) is 5. The lowest BCUT2D eigenvalue weighted by atomic mass is 9.67. The third-order valence-electron chi connectivity index (χ3n) is 6.52. The van der Waals surface area contributed by atoms with E-state index in [1.54, 1.807) is 6.20 Å². The van der Waals surface area contributed by atoms with Crippen molar-refractivity contribution in [3.05, 3.63) is 41.7 Å². The van der Waals surface area contributed by atoms with Crippen molar-refractivity contribution in [1.29, 1.82) is 0 Å². The molecule has 3 heterocycles. The first-order valence-electron chi connectivity index (χ1n) is 10.6. The van der Waals surface area contributed by atoms with Gasteiger partial charge in [-0.1, -0.05) is 39.2 Å². The molecule has 28 heavy (non-hydrogen) atoms. The van der Waals surface area contributed by atoms with Crippen LogP contribution in [0.1, 0.15) is 73.7 Å². The van der Waals surface area contributed by atoms with E-state index in [9.17, 15) is 4.79 Å². The molecule has 0 radical (unpaired) electrons. The summed E-state index contributed by atoms with van der Waals surface area (Å²) in [5.74, 6) is 1.90. The Morgan fingerprint density at radius 3 is 2.79 bits per heavy atom. The van der Waals surface area contributed by atoms with Gasteiger partial charge in [0.05, 0.1) is 0 Å². The first-order chi connectivity index (χ1) is 13.5. The normalized spacial score (nSPS) is 21.6. The van der Waals surface area contributed by atoms with E-state index in [1.807, 2.05) is 30.3 Å². The van der Waals surface area contributed by atoms with Crippen molar-refractivity contribution in [2.24, 2.45) is 11.3 Å². The van der Waals surface area contributed by atoms with Gasteiger partial charge in [0.15, 0.2) is 0 Å². The molecule has 1 amide bonds. The molecule has 2 aliphatic rings. The largest absolute Gasteiger partial charge is 0.336 e. The van der Waals surface area contributed by atoms with Crippen LogP contribution in [-0.4, -0.2) is 43.6 Å². The maximum Gasteiger partial charge on any atom is 0.272 e. The molecule has 2 fully saturated rings. The minimum absolute atomic E-state index is 0.0560. The Morgan fingerprint density at radius 1 is 1.29 bits per heavy atom. The molecule has 0 aromatic carbocycles.